The van der Waals surface area contributed by atoms with Crippen molar-refractivity contribution in [1.29, 1.82) is 0 Å². The Bertz CT molecular complexity index is 391. The molecule has 16 heavy (non-hydrogen) atoms. The molecule has 0 spiro atoms. The second-order valence-corrected chi connectivity index (χ2v) is 4.02. The van der Waals surface area contributed by atoms with Crippen molar-refractivity contribution in [3.63, 3.8) is 0 Å². The van der Waals surface area contributed by atoms with Gasteiger partial charge in [-0.3, -0.25) is 4.79 Å². The number of methoxy groups -OCH3 is 1. The summed E-state index contributed by atoms with van der Waals surface area (Å²) in [6, 6.07) is 3.44. The van der Waals surface area contributed by atoms with E-state index in [4.69, 9.17) is 22.1 Å². The van der Waals surface area contributed by atoms with Gasteiger partial charge < -0.3 is 10.5 Å². The van der Waals surface area contributed by atoms with Crippen molar-refractivity contribution in [2.45, 2.75) is 19.8 Å². The monoisotopic (exact) mass is 241 g/mol. The number of hydrogen-bond acceptors (Lipinski definition) is 3. The predicted molar refractivity (Wildman–Crippen MR) is 65.4 cm³/mol. The Hall–Kier alpha value is -1.06. The molecule has 0 aromatic heterocycles. The fraction of sp³-hybridized carbons (Fsp3) is 0.417. The molecule has 2 N–H and O–H groups in total. The number of carbonyl (C=O) groups is 1. The lowest BCUT2D eigenvalue weighted by molar-refractivity contribution is 0.0978. The van der Waals surface area contributed by atoms with Gasteiger partial charge in [-0.25, -0.2) is 0 Å². The minimum absolute atomic E-state index is 0.0178. The van der Waals surface area contributed by atoms with Gasteiger partial charge >= 0.3 is 0 Å². The largest absolute Gasteiger partial charge is 0.496 e. The van der Waals surface area contributed by atoms with E-state index >= 15 is 0 Å². The van der Waals surface area contributed by atoms with E-state index in [-0.39, 0.29) is 5.78 Å². The summed E-state index contributed by atoms with van der Waals surface area (Å²) in [4.78, 5) is 11.9. The summed E-state index contributed by atoms with van der Waals surface area (Å²) in [6.07, 6.45) is 1.10. The van der Waals surface area contributed by atoms with Crippen LogP contribution in [0.1, 0.15) is 28.8 Å². The first-order chi connectivity index (χ1) is 7.60. The Balaban J connectivity index is 3.02. The van der Waals surface area contributed by atoms with Crippen molar-refractivity contribution >= 4 is 17.4 Å². The van der Waals surface area contributed by atoms with E-state index in [0.717, 1.165) is 5.56 Å². The summed E-state index contributed by atoms with van der Waals surface area (Å²) in [5.74, 6) is 0.591. The van der Waals surface area contributed by atoms with Crippen LogP contribution in [0.4, 0.5) is 0 Å². The van der Waals surface area contributed by atoms with Crippen LogP contribution in [0.3, 0.4) is 0 Å². The number of hydrogen-bond donors (Lipinski definition) is 1. The number of nitrogens with two attached hydrogens (primary N) is 1. The number of carbonyl (C=O) groups excluding carboxylic acids is 1. The van der Waals surface area contributed by atoms with Gasteiger partial charge in [0.05, 0.1) is 12.7 Å². The zero-order valence-corrected chi connectivity index (χ0v) is 10.3. The molecule has 3 nitrogen and oxygen atoms in total. The normalized spacial score (nSPS) is 10.2. The van der Waals surface area contributed by atoms with E-state index in [2.05, 4.69) is 0 Å². The molecule has 0 amide bonds. The number of halogens is 1. The van der Waals surface area contributed by atoms with Gasteiger partial charge in [-0.15, -0.1) is 0 Å². The number of ether oxygens (including phenoxy) is 1. The van der Waals surface area contributed by atoms with Crippen molar-refractivity contribution in [2.75, 3.05) is 13.7 Å². The van der Waals surface area contributed by atoms with Crippen molar-refractivity contribution in [3.05, 3.63) is 28.3 Å². The molecule has 0 bridgehead atoms. The fourth-order valence-corrected chi connectivity index (χ4v) is 1.60. The highest BCUT2D eigenvalue weighted by Crippen LogP contribution is 2.27. The third-order valence-electron chi connectivity index (χ3n) is 2.39. The smallest absolute Gasteiger partial charge is 0.166 e. The molecule has 4 heteroatoms. The molecule has 88 valence electrons. The maximum absolute atomic E-state index is 11.9. The molecule has 1 rings (SSSR count). The summed E-state index contributed by atoms with van der Waals surface area (Å²) in [7, 11) is 1.54. The SMILES string of the molecule is COc1cc(C)c(Cl)cc1C(=O)CCCN. The zero-order valence-electron chi connectivity index (χ0n) is 9.55. The van der Waals surface area contributed by atoms with Crippen molar-refractivity contribution in [2.24, 2.45) is 5.73 Å². The average Bonchev–Trinajstić information content (AvgIpc) is 2.28. The van der Waals surface area contributed by atoms with Gasteiger partial charge in [0.2, 0.25) is 0 Å². The number of rotatable bonds is 5. The van der Waals surface area contributed by atoms with Crippen LogP contribution in [-0.4, -0.2) is 19.4 Å². The molecule has 0 unspecified atom stereocenters. The maximum Gasteiger partial charge on any atom is 0.166 e. The number of ketones is 1. The Kier molecular flexibility index (Phi) is 4.77. The molecule has 1 aromatic rings. The number of Topliss-reactive ketones (excluding diaryl/α,β-unsaturated/α-hetero) is 1. The van der Waals surface area contributed by atoms with Gasteiger partial charge in [0.25, 0.3) is 0 Å². The molecular weight excluding hydrogens is 226 g/mol. The van der Waals surface area contributed by atoms with Crippen LogP contribution in [0, 0.1) is 6.92 Å². The quantitative estimate of drug-likeness (QED) is 0.807. The van der Waals surface area contributed by atoms with Crippen LogP contribution in [0.15, 0.2) is 12.1 Å². The lowest BCUT2D eigenvalue weighted by Gasteiger charge is -2.09. The van der Waals surface area contributed by atoms with Gasteiger partial charge in [-0.2, -0.15) is 0 Å². The second kappa shape index (κ2) is 5.87. The fourth-order valence-electron chi connectivity index (χ4n) is 1.44. The van der Waals surface area contributed by atoms with E-state index in [0.29, 0.717) is 35.7 Å². The number of aryl methyl sites for hydroxylation is 1. The predicted octanol–water partition coefficient (Wildman–Crippen LogP) is 2.58. The summed E-state index contributed by atoms with van der Waals surface area (Å²) in [6.45, 7) is 2.38. The van der Waals surface area contributed by atoms with E-state index < -0.39 is 0 Å². The van der Waals surface area contributed by atoms with Crippen molar-refractivity contribution in [1.82, 2.24) is 0 Å². The van der Waals surface area contributed by atoms with Gasteiger partial charge in [-0.1, -0.05) is 11.6 Å². The Morgan fingerprint density at radius 1 is 1.50 bits per heavy atom. The Morgan fingerprint density at radius 3 is 2.75 bits per heavy atom. The van der Waals surface area contributed by atoms with E-state index in [9.17, 15) is 4.79 Å². The van der Waals surface area contributed by atoms with E-state index in [1.165, 1.54) is 0 Å². The van der Waals surface area contributed by atoms with Gasteiger partial charge in [0, 0.05) is 11.4 Å². The standard InChI is InChI=1S/C12H16ClNO2/c1-8-6-12(16-2)9(7-10(8)13)11(15)4-3-5-14/h6-7H,3-5,14H2,1-2H3. The molecule has 0 aliphatic carbocycles. The van der Waals surface area contributed by atoms with Crippen molar-refractivity contribution in [3.8, 4) is 5.75 Å². The molecule has 0 heterocycles. The van der Waals surface area contributed by atoms with Crippen LogP contribution >= 0.6 is 11.6 Å². The lowest BCUT2D eigenvalue weighted by atomic mass is 10.0. The van der Waals surface area contributed by atoms with Crippen LogP contribution in [-0.2, 0) is 0 Å². The first kappa shape index (κ1) is 13.0. The minimum atomic E-state index is 0.0178. The van der Waals surface area contributed by atoms with Gasteiger partial charge in [-0.05, 0) is 37.6 Å². The molecule has 0 fully saturated rings. The van der Waals surface area contributed by atoms with Crippen LogP contribution in [0.2, 0.25) is 5.02 Å². The maximum atomic E-state index is 11.9. The minimum Gasteiger partial charge on any atom is -0.496 e. The van der Waals surface area contributed by atoms with Crippen molar-refractivity contribution < 1.29 is 9.53 Å². The Morgan fingerprint density at radius 2 is 2.19 bits per heavy atom. The molecule has 0 saturated carbocycles. The summed E-state index contributed by atoms with van der Waals surface area (Å²) < 4.78 is 5.17. The van der Waals surface area contributed by atoms with E-state index in [1.54, 1.807) is 19.2 Å². The third-order valence-corrected chi connectivity index (χ3v) is 2.80. The van der Waals surface area contributed by atoms with E-state index in [1.807, 2.05) is 6.92 Å². The van der Waals surface area contributed by atoms with Gasteiger partial charge in [0.15, 0.2) is 5.78 Å². The van der Waals surface area contributed by atoms with Crippen LogP contribution in [0.5, 0.6) is 5.75 Å². The van der Waals surface area contributed by atoms with Crippen LogP contribution in [0.25, 0.3) is 0 Å². The molecular formula is C12H16ClNO2. The summed E-state index contributed by atoms with van der Waals surface area (Å²) in [5, 5.41) is 0.580. The molecule has 0 atom stereocenters. The highest BCUT2D eigenvalue weighted by atomic mass is 35.5. The van der Waals surface area contributed by atoms with Crippen LogP contribution < -0.4 is 10.5 Å². The highest BCUT2D eigenvalue weighted by Gasteiger charge is 2.13. The molecule has 0 saturated heterocycles. The first-order valence-electron chi connectivity index (χ1n) is 5.17. The molecule has 0 radical (unpaired) electrons. The molecule has 1 aromatic carbocycles. The Labute approximate surface area is 101 Å². The highest BCUT2D eigenvalue weighted by molar-refractivity contribution is 6.31. The average molecular weight is 242 g/mol. The zero-order chi connectivity index (χ0) is 12.1. The van der Waals surface area contributed by atoms with Gasteiger partial charge in [0.1, 0.15) is 5.75 Å². The second-order valence-electron chi connectivity index (χ2n) is 3.62. The third kappa shape index (κ3) is 2.97. The summed E-state index contributed by atoms with van der Waals surface area (Å²) >= 11 is 5.99. The molecule has 0 aliphatic heterocycles. The first-order valence-corrected chi connectivity index (χ1v) is 5.55. The topological polar surface area (TPSA) is 52.3 Å². The number of benzene rings is 1. The molecule has 0 aliphatic rings. The summed E-state index contributed by atoms with van der Waals surface area (Å²) in [5.41, 5.74) is 6.80. The lowest BCUT2D eigenvalue weighted by Crippen LogP contribution is -2.06.